The van der Waals surface area contributed by atoms with E-state index in [0.29, 0.717) is 5.69 Å². The van der Waals surface area contributed by atoms with Crippen LogP contribution in [-0.4, -0.2) is 4.98 Å². The summed E-state index contributed by atoms with van der Waals surface area (Å²) >= 11 is 3.41. The number of halogens is 1. The molecule has 0 atom stereocenters. The van der Waals surface area contributed by atoms with Crippen molar-refractivity contribution in [2.45, 2.75) is 0 Å². The third-order valence-corrected chi connectivity index (χ3v) is 2.42. The molecule has 3 heteroatoms. The number of nitrogens with zero attached hydrogens (tertiary/aromatic N) is 1. The molecule has 0 fully saturated rings. The molecule has 0 aliphatic rings. The van der Waals surface area contributed by atoms with Crippen LogP contribution in [0.3, 0.4) is 0 Å². The molecule has 2 nitrogen and oxygen atoms in total. The van der Waals surface area contributed by atoms with Gasteiger partial charge in [-0.05, 0) is 18.2 Å². The van der Waals surface area contributed by atoms with Crippen LogP contribution in [-0.2, 0) is 0 Å². The molecule has 58 valence electrons. The van der Waals surface area contributed by atoms with Crippen LogP contribution in [0.4, 0.5) is 0 Å². The number of hydrogen-bond acceptors (Lipinski definition) is 1. The number of fused-ring (bicyclic) bond motifs is 1. The molecular weight excluding hydrogens is 216 g/mol. The minimum Gasteiger partial charge on any atom is -0.346 e. The summed E-state index contributed by atoms with van der Waals surface area (Å²) in [6.45, 7) is 0. The molecule has 0 aliphatic carbocycles. The molecule has 2 aromatic rings. The lowest BCUT2D eigenvalue weighted by Gasteiger charge is -1.90. The quantitative estimate of drug-likeness (QED) is 0.729. The second-order valence-corrected chi connectivity index (χ2v) is 3.35. The van der Waals surface area contributed by atoms with Crippen LogP contribution in [0, 0.1) is 11.3 Å². The van der Waals surface area contributed by atoms with Gasteiger partial charge in [0.1, 0.15) is 11.8 Å². The maximum atomic E-state index is 8.63. The lowest BCUT2D eigenvalue weighted by Crippen LogP contribution is -1.68. The lowest BCUT2D eigenvalue weighted by atomic mass is 10.2. The maximum Gasteiger partial charge on any atom is 0.118 e. The van der Waals surface area contributed by atoms with Gasteiger partial charge < -0.3 is 4.98 Å². The highest BCUT2D eigenvalue weighted by molar-refractivity contribution is 9.10. The van der Waals surface area contributed by atoms with E-state index in [4.69, 9.17) is 5.26 Å². The fourth-order valence-electron chi connectivity index (χ4n) is 1.18. The normalized spacial score (nSPS) is 10.0. The molecule has 0 aliphatic heterocycles. The Bertz CT molecular complexity index is 465. The summed E-state index contributed by atoms with van der Waals surface area (Å²) in [5.74, 6) is 0. The van der Waals surface area contributed by atoms with E-state index < -0.39 is 0 Å². The van der Waals surface area contributed by atoms with Crippen molar-refractivity contribution in [2.24, 2.45) is 0 Å². The second kappa shape index (κ2) is 2.65. The SMILES string of the molecule is N#Cc1cc2c(Br)cccc2[nH]1. The van der Waals surface area contributed by atoms with Gasteiger partial charge in [0.05, 0.1) is 0 Å². The van der Waals surface area contributed by atoms with Crippen molar-refractivity contribution >= 4 is 26.8 Å². The van der Waals surface area contributed by atoms with E-state index in [2.05, 4.69) is 27.0 Å². The van der Waals surface area contributed by atoms with Gasteiger partial charge in [0, 0.05) is 15.4 Å². The first-order valence-electron chi connectivity index (χ1n) is 3.48. The monoisotopic (exact) mass is 220 g/mol. The van der Waals surface area contributed by atoms with E-state index in [0.717, 1.165) is 15.4 Å². The predicted octanol–water partition coefficient (Wildman–Crippen LogP) is 2.80. The number of aromatic nitrogens is 1. The van der Waals surface area contributed by atoms with E-state index in [1.807, 2.05) is 24.3 Å². The lowest BCUT2D eigenvalue weighted by molar-refractivity contribution is 1.37. The number of nitrogens with one attached hydrogen (secondary N) is 1. The third kappa shape index (κ3) is 1.01. The Morgan fingerprint density at radius 2 is 2.25 bits per heavy atom. The molecule has 0 saturated heterocycles. The molecule has 0 saturated carbocycles. The summed E-state index contributed by atoms with van der Waals surface area (Å²) < 4.78 is 1.01. The number of hydrogen-bond donors (Lipinski definition) is 1. The topological polar surface area (TPSA) is 39.6 Å². The summed E-state index contributed by atoms with van der Waals surface area (Å²) in [4.78, 5) is 2.99. The van der Waals surface area contributed by atoms with Crippen LogP contribution in [0.5, 0.6) is 0 Å². The average Bonchev–Trinajstić information content (AvgIpc) is 2.49. The molecule has 12 heavy (non-hydrogen) atoms. The molecule has 2 rings (SSSR count). The Labute approximate surface area is 77.9 Å². The minimum absolute atomic E-state index is 0.594. The fourth-order valence-corrected chi connectivity index (χ4v) is 1.66. The molecule has 0 amide bonds. The summed E-state index contributed by atoms with van der Waals surface area (Å²) in [5, 5.41) is 9.68. The molecule has 0 spiro atoms. The van der Waals surface area contributed by atoms with Gasteiger partial charge in [-0.25, -0.2) is 0 Å². The first-order chi connectivity index (χ1) is 5.81. The Balaban J connectivity index is 2.85. The Morgan fingerprint density at radius 1 is 1.42 bits per heavy atom. The standard InChI is InChI=1S/C9H5BrN2/c10-8-2-1-3-9-7(8)4-6(5-11)12-9/h1-4,12H. The highest BCUT2D eigenvalue weighted by Crippen LogP contribution is 2.23. The predicted molar refractivity (Wildman–Crippen MR) is 50.7 cm³/mol. The molecule has 1 heterocycles. The minimum atomic E-state index is 0.594. The Kier molecular flexibility index (Phi) is 1.63. The highest BCUT2D eigenvalue weighted by atomic mass is 79.9. The van der Waals surface area contributed by atoms with Crippen molar-refractivity contribution in [3.63, 3.8) is 0 Å². The van der Waals surface area contributed by atoms with E-state index in [-0.39, 0.29) is 0 Å². The van der Waals surface area contributed by atoms with E-state index >= 15 is 0 Å². The average molecular weight is 221 g/mol. The smallest absolute Gasteiger partial charge is 0.118 e. The zero-order valence-corrected chi connectivity index (χ0v) is 7.72. The van der Waals surface area contributed by atoms with Crippen molar-refractivity contribution < 1.29 is 0 Å². The van der Waals surface area contributed by atoms with Gasteiger partial charge >= 0.3 is 0 Å². The van der Waals surface area contributed by atoms with Crippen molar-refractivity contribution in [1.29, 1.82) is 5.26 Å². The van der Waals surface area contributed by atoms with Gasteiger partial charge in [-0.2, -0.15) is 5.26 Å². The third-order valence-electron chi connectivity index (χ3n) is 1.73. The number of H-pyrrole nitrogens is 1. The van der Waals surface area contributed by atoms with Gasteiger partial charge in [0.2, 0.25) is 0 Å². The molecule has 0 bridgehead atoms. The van der Waals surface area contributed by atoms with E-state index in [1.165, 1.54) is 0 Å². The fraction of sp³-hybridized carbons (Fsp3) is 0. The largest absolute Gasteiger partial charge is 0.346 e. The zero-order valence-electron chi connectivity index (χ0n) is 6.13. The molecular formula is C9H5BrN2. The number of aromatic amines is 1. The highest BCUT2D eigenvalue weighted by Gasteiger charge is 2.01. The Morgan fingerprint density at radius 3 is 2.92 bits per heavy atom. The first kappa shape index (κ1) is 7.38. The molecule has 1 N–H and O–H groups in total. The van der Waals surface area contributed by atoms with Gasteiger partial charge in [-0.15, -0.1) is 0 Å². The van der Waals surface area contributed by atoms with Crippen LogP contribution < -0.4 is 0 Å². The van der Waals surface area contributed by atoms with Gasteiger partial charge in [-0.1, -0.05) is 22.0 Å². The second-order valence-electron chi connectivity index (χ2n) is 2.50. The summed E-state index contributed by atoms with van der Waals surface area (Å²) in [5.41, 5.74) is 1.58. The van der Waals surface area contributed by atoms with Crippen LogP contribution >= 0.6 is 15.9 Å². The number of benzene rings is 1. The van der Waals surface area contributed by atoms with Crippen LogP contribution in [0.15, 0.2) is 28.7 Å². The maximum absolute atomic E-state index is 8.63. The van der Waals surface area contributed by atoms with E-state index in [9.17, 15) is 0 Å². The van der Waals surface area contributed by atoms with E-state index in [1.54, 1.807) is 0 Å². The summed E-state index contributed by atoms with van der Waals surface area (Å²) in [6, 6.07) is 9.74. The zero-order chi connectivity index (χ0) is 8.55. The van der Waals surface area contributed by atoms with Crippen molar-refractivity contribution in [3.8, 4) is 6.07 Å². The van der Waals surface area contributed by atoms with Gasteiger partial charge in [0.25, 0.3) is 0 Å². The van der Waals surface area contributed by atoms with Crippen molar-refractivity contribution in [1.82, 2.24) is 4.98 Å². The van der Waals surface area contributed by atoms with Crippen LogP contribution in [0.1, 0.15) is 5.69 Å². The summed E-state index contributed by atoms with van der Waals surface area (Å²) in [7, 11) is 0. The Hall–Kier alpha value is -1.27. The summed E-state index contributed by atoms with van der Waals surface area (Å²) in [6.07, 6.45) is 0. The van der Waals surface area contributed by atoms with Crippen molar-refractivity contribution in [3.05, 3.63) is 34.4 Å². The molecule has 1 aromatic carbocycles. The first-order valence-corrected chi connectivity index (χ1v) is 4.28. The number of rotatable bonds is 0. The molecule has 1 aromatic heterocycles. The number of nitriles is 1. The molecule has 0 radical (unpaired) electrons. The van der Waals surface area contributed by atoms with Gasteiger partial charge in [0.15, 0.2) is 0 Å². The van der Waals surface area contributed by atoms with Crippen LogP contribution in [0.25, 0.3) is 10.9 Å². The van der Waals surface area contributed by atoms with Crippen LogP contribution in [0.2, 0.25) is 0 Å². The van der Waals surface area contributed by atoms with Crippen molar-refractivity contribution in [2.75, 3.05) is 0 Å². The molecule has 0 unspecified atom stereocenters. The van der Waals surface area contributed by atoms with Gasteiger partial charge in [-0.3, -0.25) is 0 Å².